The first-order chi connectivity index (χ1) is 16.4. The Morgan fingerprint density at radius 2 is 1.74 bits per heavy atom. The highest BCUT2D eigenvalue weighted by atomic mass is 16.2. The molecule has 1 amide bonds. The van der Waals surface area contributed by atoms with Gasteiger partial charge in [0.05, 0.1) is 5.39 Å². The van der Waals surface area contributed by atoms with Gasteiger partial charge in [-0.3, -0.25) is 14.0 Å². The molecule has 2 aromatic carbocycles. The van der Waals surface area contributed by atoms with Gasteiger partial charge in [-0.2, -0.15) is 0 Å². The highest BCUT2D eigenvalue weighted by molar-refractivity contribution is 6.06. The number of pyridine rings is 1. The van der Waals surface area contributed by atoms with E-state index in [4.69, 9.17) is 4.98 Å². The van der Waals surface area contributed by atoms with Crippen LogP contribution in [0.1, 0.15) is 46.9 Å². The number of benzene rings is 2. The molecule has 34 heavy (non-hydrogen) atoms. The Kier molecular flexibility index (Phi) is 5.49. The minimum atomic E-state index is -0.282. The summed E-state index contributed by atoms with van der Waals surface area (Å²) in [4.78, 5) is 31.5. The van der Waals surface area contributed by atoms with E-state index in [2.05, 4.69) is 19.2 Å². The molecule has 0 bridgehead atoms. The summed E-state index contributed by atoms with van der Waals surface area (Å²) in [5.74, 6) is 0.130. The third-order valence-electron chi connectivity index (χ3n) is 6.06. The molecule has 170 valence electrons. The van der Waals surface area contributed by atoms with Crippen LogP contribution in [0.2, 0.25) is 0 Å². The summed E-state index contributed by atoms with van der Waals surface area (Å²) in [6, 6.07) is 23.1. The lowest BCUT2D eigenvalue weighted by molar-refractivity contribution is 0.101. The molecule has 0 aliphatic rings. The Morgan fingerprint density at radius 1 is 1.00 bits per heavy atom. The monoisotopic (exact) mass is 450 g/mol. The Morgan fingerprint density at radius 3 is 2.44 bits per heavy atom. The maximum Gasteiger partial charge on any atom is 0.272 e. The summed E-state index contributed by atoms with van der Waals surface area (Å²) in [5.41, 5.74) is 5.13. The van der Waals surface area contributed by atoms with Gasteiger partial charge in [-0.05, 0) is 53.8 Å². The lowest BCUT2D eigenvalue weighted by Crippen LogP contribution is -2.18. The number of amides is 1. The summed E-state index contributed by atoms with van der Waals surface area (Å²) >= 11 is 0. The van der Waals surface area contributed by atoms with E-state index in [1.165, 1.54) is 9.96 Å². The first kappa shape index (κ1) is 21.6. The first-order valence-electron chi connectivity index (χ1n) is 11.4. The number of hydrogen-bond donors (Lipinski definition) is 1. The van der Waals surface area contributed by atoms with E-state index in [0.717, 1.165) is 11.1 Å². The molecule has 0 saturated carbocycles. The van der Waals surface area contributed by atoms with Crippen molar-refractivity contribution in [3.05, 3.63) is 112 Å². The van der Waals surface area contributed by atoms with E-state index in [0.29, 0.717) is 40.5 Å². The lowest BCUT2D eigenvalue weighted by Gasteiger charge is -2.12. The van der Waals surface area contributed by atoms with Crippen LogP contribution in [0.3, 0.4) is 0 Å². The summed E-state index contributed by atoms with van der Waals surface area (Å²) < 4.78 is 3.36. The number of nitrogens with one attached hydrogen (secondary N) is 1. The topological polar surface area (TPSA) is 68.4 Å². The van der Waals surface area contributed by atoms with Crippen molar-refractivity contribution >= 4 is 28.3 Å². The molecule has 0 unspecified atom stereocenters. The molecule has 0 radical (unpaired) electrons. The first-order valence-corrected chi connectivity index (χ1v) is 11.4. The van der Waals surface area contributed by atoms with Crippen molar-refractivity contribution in [1.29, 1.82) is 0 Å². The van der Waals surface area contributed by atoms with Crippen molar-refractivity contribution in [2.24, 2.45) is 0 Å². The van der Waals surface area contributed by atoms with Crippen LogP contribution in [0.4, 0.5) is 5.69 Å². The van der Waals surface area contributed by atoms with Crippen LogP contribution in [0, 0.1) is 6.92 Å². The van der Waals surface area contributed by atoms with E-state index in [9.17, 15) is 9.59 Å². The van der Waals surface area contributed by atoms with Crippen LogP contribution in [0.15, 0.2) is 83.8 Å². The maximum atomic E-state index is 13.4. The van der Waals surface area contributed by atoms with Crippen molar-refractivity contribution in [2.75, 3.05) is 5.32 Å². The number of hydrogen-bond acceptors (Lipinski definition) is 3. The quantitative estimate of drug-likeness (QED) is 0.391. The molecule has 5 aromatic rings. The van der Waals surface area contributed by atoms with Crippen molar-refractivity contribution in [3.8, 4) is 0 Å². The molecule has 5 rings (SSSR count). The normalized spacial score (nSPS) is 11.4. The van der Waals surface area contributed by atoms with Crippen LogP contribution >= 0.6 is 0 Å². The third kappa shape index (κ3) is 3.99. The molecule has 3 aromatic heterocycles. The summed E-state index contributed by atoms with van der Waals surface area (Å²) in [6.45, 7) is 6.62. The van der Waals surface area contributed by atoms with Gasteiger partial charge in [0.15, 0.2) is 0 Å². The summed E-state index contributed by atoms with van der Waals surface area (Å²) in [7, 11) is 0. The number of carbonyl (C=O) groups is 1. The summed E-state index contributed by atoms with van der Waals surface area (Å²) in [5, 5.41) is 3.40. The number of nitrogens with zero attached hydrogens (tertiary/aromatic N) is 3. The highest BCUT2D eigenvalue weighted by Gasteiger charge is 2.20. The van der Waals surface area contributed by atoms with Gasteiger partial charge >= 0.3 is 0 Å². The minimum absolute atomic E-state index is 0.189. The SMILES string of the molecule is Cc1ccc2nc3c(cc(C(=O)Nc4ccc(C(C)C)cc4)n3Cc3ccccc3)c(=O)n2c1. The third-order valence-corrected chi connectivity index (χ3v) is 6.06. The molecular weight excluding hydrogens is 424 g/mol. The molecule has 1 N–H and O–H groups in total. The van der Waals surface area contributed by atoms with Crippen LogP contribution < -0.4 is 10.9 Å². The van der Waals surface area contributed by atoms with E-state index < -0.39 is 0 Å². The number of anilines is 1. The van der Waals surface area contributed by atoms with Gasteiger partial charge in [-0.1, -0.05) is 62.4 Å². The van der Waals surface area contributed by atoms with E-state index in [1.54, 1.807) is 12.3 Å². The van der Waals surface area contributed by atoms with Crippen LogP contribution in [-0.4, -0.2) is 19.9 Å². The Hall–Kier alpha value is -4.19. The molecule has 0 fully saturated rings. The van der Waals surface area contributed by atoms with Crippen LogP contribution in [0.5, 0.6) is 0 Å². The number of carbonyl (C=O) groups excluding carboxylic acids is 1. The van der Waals surface area contributed by atoms with Gasteiger partial charge in [0.25, 0.3) is 11.5 Å². The zero-order chi connectivity index (χ0) is 23.8. The average molecular weight is 451 g/mol. The molecule has 0 aliphatic heterocycles. The predicted octanol–water partition coefficient (Wildman–Crippen LogP) is 5.38. The lowest BCUT2D eigenvalue weighted by atomic mass is 10.0. The van der Waals surface area contributed by atoms with E-state index >= 15 is 0 Å². The second kappa shape index (κ2) is 8.63. The van der Waals surface area contributed by atoms with Gasteiger partial charge in [0.2, 0.25) is 0 Å². The number of rotatable bonds is 5. The fourth-order valence-corrected chi connectivity index (χ4v) is 4.17. The Bertz CT molecular complexity index is 1560. The molecule has 0 spiro atoms. The van der Waals surface area contributed by atoms with Crippen LogP contribution in [0.25, 0.3) is 16.7 Å². The zero-order valence-corrected chi connectivity index (χ0v) is 19.4. The fraction of sp³-hybridized carbons (Fsp3) is 0.179. The van der Waals surface area contributed by atoms with Crippen LogP contribution in [-0.2, 0) is 6.54 Å². The Balaban J connectivity index is 1.63. The van der Waals surface area contributed by atoms with Crippen molar-refractivity contribution in [3.63, 3.8) is 0 Å². The second-order valence-electron chi connectivity index (χ2n) is 8.92. The fourth-order valence-electron chi connectivity index (χ4n) is 4.17. The van der Waals surface area contributed by atoms with Gasteiger partial charge in [0.1, 0.15) is 17.0 Å². The molecule has 0 saturated heterocycles. The molecular formula is C28H26N4O2. The van der Waals surface area contributed by atoms with Crippen molar-refractivity contribution in [1.82, 2.24) is 14.0 Å². The van der Waals surface area contributed by atoms with Gasteiger partial charge in [-0.15, -0.1) is 0 Å². The highest BCUT2D eigenvalue weighted by Crippen LogP contribution is 2.22. The van der Waals surface area contributed by atoms with Crippen molar-refractivity contribution in [2.45, 2.75) is 33.2 Å². The molecule has 3 heterocycles. The predicted molar refractivity (Wildman–Crippen MR) is 136 cm³/mol. The summed E-state index contributed by atoms with van der Waals surface area (Å²) in [6.07, 6.45) is 1.77. The standard InChI is InChI=1S/C28H26N4O2/c1-18(2)21-10-12-22(13-11-21)29-27(33)24-15-23-26(31(24)17-20-7-5-4-6-8-20)30-25-14-9-19(3)16-32(25)28(23)34/h4-16,18H,17H2,1-3H3,(H,29,33). The van der Waals surface area contributed by atoms with Gasteiger partial charge < -0.3 is 9.88 Å². The second-order valence-corrected chi connectivity index (χ2v) is 8.92. The number of aromatic nitrogens is 3. The van der Waals surface area contributed by atoms with Gasteiger partial charge in [-0.25, -0.2) is 4.98 Å². The average Bonchev–Trinajstić information content (AvgIpc) is 3.19. The van der Waals surface area contributed by atoms with E-state index in [1.807, 2.05) is 78.2 Å². The Labute approximate surface area is 197 Å². The minimum Gasteiger partial charge on any atom is -0.321 e. The van der Waals surface area contributed by atoms with Gasteiger partial charge in [0, 0.05) is 18.4 Å². The van der Waals surface area contributed by atoms with E-state index in [-0.39, 0.29) is 11.5 Å². The number of fused-ring (bicyclic) bond motifs is 2. The van der Waals surface area contributed by atoms with Crippen molar-refractivity contribution < 1.29 is 4.79 Å². The molecule has 0 atom stereocenters. The molecule has 0 aliphatic carbocycles. The zero-order valence-electron chi connectivity index (χ0n) is 19.4. The number of aryl methyl sites for hydroxylation is 1. The largest absolute Gasteiger partial charge is 0.321 e. The molecule has 6 heteroatoms. The molecule has 6 nitrogen and oxygen atoms in total. The maximum absolute atomic E-state index is 13.4. The smallest absolute Gasteiger partial charge is 0.272 e.